The van der Waals surface area contributed by atoms with E-state index in [1.807, 2.05) is 4.90 Å². The minimum absolute atomic E-state index is 0.0908. The predicted molar refractivity (Wildman–Crippen MR) is 85.2 cm³/mol. The van der Waals surface area contributed by atoms with Crippen LogP contribution in [0.15, 0.2) is 24.3 Å². The molecule has 112 valence electrons. The summed E-state index contributed by atoms with van der Waals surface area (Å²) in [5, 5.41) is 3.54. The van der Waals surface area contributed by atoms with Crippen LogP contribution in [0, 0.1) is 5.41 Å². The van der Waals surface area contributed by atoms with Gasteiger partial charge < -0.3 is 16.0 Å². The fourth-order valence-corrected chi connectivity index (χ4v) is 1.97. The number of halogens is 1. The van der Waals surface area contributed by atoms with Gasteiger partial charge in [-0.25, -0.2) is 4.79 Å². The van der Waals surface area contributed by atoms with Gasteiger partial charge in [0.15, 0.2) is 0 Å². The average Bonchev–Trinajstić information content (AvgIpc) is 2.40. The number of carbonyl (C=O) groups excluding carboxylic acids is 1. The highest BCUT2D eigenvalue weighted by Gasteiger charge is 2.23. The Kier molecular flexibility index (Phi) is 6.30. The zero-order valence-electron chi connectivity index (χ0n) is 12.4. The maximum absolute atomic E-state index is 12.3. The number of nitrogens with two attached hydrogens (primary N) is 1. The van der Waals surface area contributed by atoms with Crippen LogP contribution >= 0.6 is 11.6 Å². The van der Waals surface area contributed by atoms with E-state index in [2.05, 4.69) is 26.1 Å². The van der Waals surface area contributed by atoms with Gasteiger partial charge in [0.25, 0.3) is 0 Å². The number of carbonyl (C=O) groups is 1. The van der Waals surface area contributed by atoms with Crippen molar-refractivity contribution in [2.24, 2.45) is 11.1 Å². The van der Waals surface area contributed by atoms with Crippen molar-refractivity contribution in [1.29, 1.82) is 0 Å². The third-order valence-electron chi connectivity index (χ3n) is 3.05. The molecule has 0 aliphatic carbocycles. The van der Waals surface area contributed by atoms with Crippen LogP contribution in [-0.4, -0.2) is 30.6 Å². The van der Waals surface area contributed by atoms with Crippen molar-refractivity contribution in [3.63, 3.8) is 0 Å². The number of nitrogens with zero attached hydrogens (tertiary/aromatic N) is 1. The molecule has 0 spiro atoms. The van der Waals surface area contributed by atoms with Gasteiger partial charge in [-0.1, -0.05) is 32.4 Å². The molecule has 5 heteroatoms. The Bertz CT molecular complexity index is 431. The quantitative estimate of drug-likeness (QED) is 0.843. The maximum Gasteiger partial charge on any atom is 0.321 e. The lowest BCUT2D eigenvalue weighted by Crippen LogP contribution is -2.44. The van der Waals surface area contributed by atoms with Gasteiger partial charge >= 0.3 is 6.03 Å². The molecule has 2 amide bonds. The molecule has 20 heavy (non-hydrogen) atoms. The zero-order chi connectivity index (χ0) is 15.2. The number of hydrogen-bond donors (Lipinski definition) is 2. The molecule has 1 aromatic carbocycles. The monoisotopic (exact) mass is 297 g/mol. The highest BCUT2D eigenvalue weighted by Crippen LogP contribution is 2.17. The average molecular weight is 298 g/mol. The topological polar surface area (TPSA) is 58.4 Å². The van der Waals surface area contributed by atoms with Crippen molar-refractivity contribution >= 4 is 23.3 Å². The minimum Gasteiger partial charge on any atom is -0.330 e. The van der Waals surface area contributed by atoms with Gasteiger partial charge in [-0.05, 0) is 42.6 Å². The molecule has 0 bridgehead atoms. The first-order valence-corrected chi connectivity index (χ1v) is 7.27. The van der Waals surface area contributed by atoms with E-state index in [1.165, 1.54) is 0 Å². The number of amides is 2. The van der Waals surface area contributed by atoms with E-state index in [0.717, 1.165) is 12.1 Å². The fourth-order valence-electron chi connectivity index (χ4n) is 1.84. The third kappa shape index (κ3) is 5.39. The fraction of sp³-hybridized carbons (Fsp3) is 0.533. The second-order valence-electron chi connectivity index (χ2n) is 5.73. The predicted octanol–water partition coefficient (Wildman–Crippen LogP) is 3.57. The van der Waals surface area contributed by atoms with Crippen molar-refractivity contribution in [3.05, 3.63) is 29.3 Å². The van der Waals surface area contributed by atoms with Gasteiger partial charge in [0, 0.05) is 23.8 Å². The van der Waals surface area contributed by atoms with Crippen LogP contribution in [0.1, 0.15) is 27.2 Å². The van der Waals surface area contributed by atoms with E-state index < -0.39 is 0 Å². The van der Waals surface area contributed by atoms with Crippen molar-refractivity contribution in [1.82, 2.24) is 4.90 Å². The van der Waals surface area contributed by atoms with Crippen molar-refractivity contribution in [3.8, 4) is 0 Å². The van der Waals surface area contributed by atoms with Crippen LogP contribution in [0.3, 0.4) is 0 Å². The maximum atomic E-state index is 12.3. The summed E-state index contributed by atoms with van der Waals surface area (Å²) in [6, 6.07) is 6.99. The summed E-state index contributed by atoms with van der Waals surface area (Å²) < 4.78 is 0. The van der Waals surface area contributed by atoms with E-state index in [1.54, 1.807) is 24.3 Å². The molecule has 0 atom stereocenters. The highest BCUT2D eigenvalue weighted by atomic mass is 35.5. The Morgan fingerprint density at radius 2 is 1.95 bits per heavy atom. The summed E-state index contributed by atoms with van der Waals surface area (Å²) in [6.07, 6.45) is 0.911. The molecule has 0 radical (unpaired) electrons. The number of nitrogens with one attached hydrogen (secondary N) is 1. The SMILES string of the molecule is CCCN(CC(C)(C)CN)C(=O)Nc1ccc(Cl)cc1. The minimum atomic E-state index is -0.101. The van der Waals surface area contributed by atoms with Crippen LogP contribution in [0.5, 0.6) is 0 Å². The van der Waals surface area contributed by atoms with Crippen molar-refractivity contribution in [2.75, 3.05) is 25.0 Å². The van der Waals surface area contributed by atoms with E-state index in [-0.39, 0.29) is 11.4 Å². The molecule has 0 saturated heterocycles. The second-order valence-corrected chi connectivity index (χ2v) is 6.16. The standard InChI is InChI=1S/C15H24ClN3O/c1-4-9-19(11-15(2,3)10-17)14(20)18-13-7-5-12(16)6-8-13/h5-8H,4,9-11,17H2,1-3H3,(H,18,20). The van der Waals surface area contributed by atoms with Gasteiger partial charge in [-0.3, -0.25) is 0 Å². The summed E-state index contributed by atoms with van der Waals surface area (Å²) in [4.78, 5) is 14.1. The van der Waals surface area contributed by atoms with Crippen LogP contribution in [-0.2, 0) is 0 Å². The molecule has 0 aliphatic heterocycles. The van der Waals surface area contributed by atoms with E-state index >= 15 is 0 Å². The highest BCUT2D eigenvalue weighted by molar-refractivity contribution is 6.30. The molecule has 1 rings (SSSR count). The Balaban J connectivity index is 2.71. The summed E-state index contributed by atoms with van der Waals surface area (Å²) >= 11 is 5.83. The molecule has 0 aromatic heterocycles. The molecule has 3 N–H and O–H groups in total. The lowest BCUT2D eigenvalue weighted by molar-refractivity contribution is 0.181. The van der Waals surface area contributed by atoms with Crippen LogP contribution < -0.4 is 11.1 Å². The molecule has 0 saturated carbocycles. The summed E-state index contributed by atoms with van der Waals surface area (Å²) in [7, 11) is 0. The molecule has 0 fully saturated rings. The van der Waals surface area contributed by atoms with Gasteiger partial charge in [-0.2, -0.15) is 0 Å². The molecule has 4 nitrogen and oxygen atoms in total. The van der Waals surface area contributed by atoms with Gasteiger partial charge in [0.1, 0.15) is 0 Å². The molecular weight excluding hydrogens is 274 g/mol. The second kappa shape index (κ2) is 7.50. The molecule has 0 aliphatic rings. The molecule has 1 aromatic rings. The Labute approximate surface area is 126 Å². The first-order chi connectivity index (χ1) is 9.38. The summed E-state index contributed by atoms with van der Waals surface area (Å²) in [5.74, 6) is 0. The molecule has 0 unspecified atom stereocenters. The zero-order valence-corrected chi connectivity index (χ0v) is 13.2. The lowest BCUT2D eigenvalue weighted by Gasteiger charge is -2.31. The van der Waals surface area contributed by atoms with Gasteiger partial charge in [-0.15, -0.1) is 0 Å². The van der Waals surface area contributed by atoms with Gasteiger partial charge in [0.2, 0.25) is 0 Å². The number of benzene rings is 1. The van der Waals surface area contributed by atoms with E-state index in [4.69, 9.17) is 17.3 Å². The summed E-state index contributed by atoms with van der Waals surface area (Å²) in [5.41, 5.74) is 6.40. The van der Waals surface area contributed by atoms with Crippen LogP contribution in [0.4, 0.5) is 10.5 Å². The first-order valence-electron chi connectivity index (χ1n) is 6.89. The van der Waals surface area contributed by atoms with Crippen LogP contribution in [0.25, 0.3) is 0 Å². The number of anilines is 1. The Hall–Kier alpha value is -1.26. The Morgan fingerprint density at radius 1 is 1.35 bits per heavy atom. The van der Waals surface area contributed by atoms with E-state index in [0.29, 0.717) is 24.7 Å². The third-order valence-corrected chi connectivity index (χ3v) is 3.30. The number of hydrogen-bond acceptors (Lipinski definition) is 2. The molecule has 0 heterocycles. The normalized spacial score (nSPS) is 11.2. The largest absolute Gasteiger partial charge is 0.330 e. The van der Waals surface area contributed by atoms with Crippen molar-refractivity contribution < 1.29 is 4.79 Å². The van der Waals surface area contributed by atoms with Gasteiger partial charge in [0.05, 0.1) is 0 Å². The smallest absolute Gasteiger partial charge is 0.321 e. The molecular formula is C15H24ClN3O. The summed E-state index contributed by atoms with van der Waals surface area (Å²) in [6.45, 7) is 8.07. The lowest BCUT2D eigenvalue weighted by atomic mass is 9.93. The number of urea groups is 1. The van der Waals surface area contributed by atoms with Crippen molar-refractivity contribution in [2.45, 2.75) is 27.2 Å². The Morgan fingerprint density at radius 3 is 2.45 bits per heavy atom. The van der Waals surface area contributed by atoms with Crippen LogP contribution in [0.2, 0.25) is 5.02 Å². The van der Waals surface area contributed by atoms with E-state index in [9.17, 15) is 4.79 Å². The number of rotatable bonds is 6. The first kappa shape index (κ1) is 16.8.